The maximum absolute atomic E-state index is 12.0. The van der Waals surface area contributed by atoms with Gasteiger partial charge in [0, 0.05) is 23.9 Å². The zero-order valence-electron chi connectivity index (χ0n) is 14.8. The molecule has 1 aliphatic rings. The van der Waals surface area contributed by atoms with Crippen molar-refractivity contribution in [2.24, 2.45) is 5.92 Å². The number of nitrogens with one attached hydrogen (secondary N) is 1. The Bertz CT molecular complexity index is 1140. The van der Waals surface area contributed by atoms with Crippen LogP contribution in [0.2, 0.25) is 0 Å². The molecular formula is C21H18N4O2. The van der Waals surface area contributed by atoms with Crippen LogP contribution in [0.4, 0.5) is 5.69 Å². The van der Waals surface area contributed by atoms with Gasteiger partial charge in [-0.3, -0.25) is 4.79 Å². The van der Waals surface area contributed by atoms with Crippen molar-refractivity contribution in [1.29, 1.82) is 0 Å². The second-order valence-corrected chi connectivity index (χ2v) is 6.90. The molecule has 3 aromatic heterocycles. The summed E-state index contributed by atoms with van der Waals surface area (Å²) in [5.74, 6) is 0.989. The highest BCUT2D eigenvalue weighted by Gasteiger charge is 2.29. The van der Waals surface area contributed by atoms with Gasteiger partial charge in [-0.05, 0) is 31.9 Å². The quantitative estimate of drug-likeness (QED) is 0.590. The van der Waals surface area contributed by atoms with Crippen molar-refractivity contribution < 1.29 is 9.32 Å². The minimum absolute atomic E-state index is 0.0935. The highest BCUT2D eigenvalue weighted by atomic mass is 16.5. The Morgan fingerprint density at radius 2 is 1.96 bits per heavy atom. The predicted octanol–water partition coefficient (Wildman–Crippen LogP) is 4.31. The normalized spacial score (nSPS) is 13.8. The second-order valence-electron chi connectivity index (χ2n) is 6.90. The van der Waals surface area contributed by atoms with Gasteiger partial charge in [0.2, 0.25) is 5.91 Å². The van der Waals surface area contributed by atoms with Crippen LogP contribution in [0, 0.1) is 12.8 Å². The van der Waals surface area contributed by atoms with Gasteiger partial charge >= 0.3 is 0 Å². The van der Waals surface area contributed by atoms with Crippen LogP contribution in [-0.4, -0.2) is 20.4 Å². The lowest BCUT2D eigenvalue weighted by molar-refractivity contribution is -0.117. The first-order valence-electron chi connectivity index (χ1n) is 9.01. The summed E-state index contributed by atoms with van der Waals surface area (Å²) in [6, 6.07) is 13.7. The topological polar surface area (TPSA) is 72.4 Å². The molecule has 0 saturated heterocycles. The minimum Gasteiger partial charge on any atom is -0.360 e. The summed E-state index contributed by atoms with van der Waals surface area (Å²) in [5, 5.41) is 7.20. The first kappa shape index (κ1) is 15.8. The molecule has 134 valence electrons. The molecule has 1 aliphatic carbocycles. The summed E-state index contributed by atoms with van der Waals surface area (Å²) in [7, 11) is 0. The van der Waals surface area contributed by atoms with E-state index in [9.17, 15) is 4.79 Å². The Hall–Kier alpha value is -3.41. The lowest BCUT2D eigenvalue weighted by atomic mass is 10.0. The number of imidazole rings is 1. The van der Waals surface area contributed by atoms with Gasteiger partial charge in [-0.2, -0.15) is 0 Å². The van der Waals surface area contributed by atoms with Gasteiger partial charge in [0.15, 0.2) is 0 Å². The SMILES string of the molecule is Cc1onc(-c2ccccc2)c1-c1cn2cc(NC(=O)C3CC3)ccc2n1. The lowest BCUT2D eigenvalue weighted by Crippen LogP contribution is -2.13. The van der Waals surface area contributed by atoms with E-state index >= 15 is 0 Å². The first-order valence-corrected chi connectivity index (χ1v) is 9.01. The van der Waals surface area contributed by atoms with Crippen molar-refractivity contribution in [3.63, 3.8) is 0 Å². The summed E-state index contributed by atoms with van der Waals surface area (Å²) in [5.41, 5.74) is 5.01. The maximum atomic E-state index is 12.0. The monoisotopic (exact) mass is 358 g/mol. The van der Waals surface area contributed by atoms with Gasteiger partial charge in [0.05, 0.1) is 16.9 Å². The van der Waals surface area contributed by atoms with E-state index in [1.165, 1.54) is 0 Å². The van der Waals surface area contributed by atoms with E-state index in [2.05, 4.69) is 10.5 Å². The number of aromatic nitrogens is 3. The number of nitrogens with zero attached hydrogens (tertiary/aromatic N) is 3. The van der Waals surface area contributed by atoms with E-state index in [-0.39, 0.29) is 11.8 Å². The molecule has 27 heavy (non-hydrogen) atoms. The van der Waals surface area contributed by atoms with Crippen LogP contribution in [-0.2, 0) is 4.79 Å². The highest BCUT2D eigenvalue weighted by molar-refractivity contribution is 5.94. The van der Waals surface area contributed by atoms with Crippen molar-refractivity contribution >= 4 is 17.2 Å². The largest absolute Gasteiger partial charge is 0.360 e. The molecule has 1 fully saturated rings. The number of hydrogen-bond donors (Lipinski definition) is 1. The molecule has 0 aliphatic heterocycles. The average molecular weight is 358 g/mol. The Labute approximate surface area is 155 Å². The summed E-state index contributed by atoms with van der Waals surface area (Å²) < 4.78 is 7.37. The van der Waals surface area contributed by atoms with E-state index in [1.807, 2.05) is 66.2 Å². The number of hydrogen-bond acceptors (Lipinski definition) is 4. The molecule has 1 saturated carbocycles. The highest BCUT2D eigenvalue weighted by Crippen LogP contribution is 2.34. The molecule has 6 heteroatoms. The fourth-order valence-electron chi connectivity index (χ4n) is 3.24. The summed E-state index contributed by atoms with van der Waals surface area (Å²) in [4.78, 5) is 16.7. The third-order valence-corrected chi connectivity index (χ3v) is 4.83. The number of benzene rings is 1. The van der Waals surface area contributed by atoms with Gasteiger partial charge in [0.1, 0.15) is 17.1 Å². The molecule has 4 aromatic rings. The predicted molar refractivity (Wildman–Crippen MR) is 102 cm³/mol. The zero-order valence-corrected chi connectivity index (χ0v) is 14.8. The molecule has 1 amide bonds. The van der Waals surface area contributed by atoms with Gasteiger partial charge in [-0.25, -0.2) is 4.98 Å². The molecular weight excluding hydrogens is 340 g/mol. The third kappa shape index (κ3) is 2.89. The van der Waals surface area contributed by atoms with Crippen molar-refractivity contribution in [3.8, 4) is 22.5 Å². The summed E-state index contributed by atoms with van der Waals surface area (Å²) in [6.45, 7) is 1.89. The number of anilines is 1. The van der Waals surface area contributed by atoms with Crippen LogP contribution in [0.3, 0.4) is 0 Å². The Balaban J connectivity index is 1.54. The standard InChI is InChI=1S/C21H18N4O2/c1-13-19(20(24-27-13)14-5-3-2-4-6-14)17-12-25-11-16(9-10-18(25)23-17)22-21(26)15-7-8-15/h2-6,9-12,15H,7-8H2,1H3,(H,22,26). The van der Waals surface area contributed by atoms with Gasteiger partial charge in [0.25, 0.3) is 0 Å². The molecule has 3 heterocycles. The summed E-state index contributed by atoms with van der Waals surface area (Å²) in [6.07, 6.45) is 5.79. The second kappa shape index (κ2) is 6.09. The number of pyridine rings is 1. The average Bonchev–Trinajstić information content (AvgIpc) is 3.35. The van der Waals surface area contributed by atoms with Gasteiger partial charge < -0.3 is 14.2 Å². The Kier molecular flexibility index (Phi) is 3.57. The number of carbonyl (C=O) groups excluding carboxylic acids is 1. The molecule has 6 nitrogen and oxygen atoms in total. The molecule has 0 bridgehead atoms. The van der Waals surface area contributed by atoms with E-state index in [4.69, 9.17) is 9.51 Å². The van der Waals surface area contributed by atoms with Crippen LogP contribution < -0.4 is 5.32 Å². The van der Waals surface area contributed by atoms with Crippen LogP contribution in [0.25, 0.3) is 28.2 Å². The van der Waals surface area contributed by atoms with Gasteiger partial charge in [-0.15, -0.1) is 0 Å². The molecule has 0 atom stereocenters. The van der Waals surface area contributed by atoms with Crippen molar-refractivity contribution in [3.05, 3.63) is 60.6 Å². The van der Waals surface area contributed by atoms with Crippen molar-refractivity contribution in [2.45, 2.75) is 19.8 Å². The van der Waals surface area contributed by atoms with Crippen molar-refractivity contribution in [1.82, 2.24) is 14.5 Å². The number of carbonyl (C=O) groups is 1. The first-order chi connectivity index (χ1) is 13.2. The van der Waals surface area contributed by atoms with Crippen LogP contribution in [0.5, 0.6) is 0 Å². The molecule has 1 aromatic carbocycles. The van der Waals surface area contributed by atoms with E-state index in [0.717, 1.165) is 52.5 Å². The van der Waals surface area contributed by atoms with E-state index < -0.39 is 0 Å². The van der Waals surface area contributed by atoms with Gasteiger partial charge in [-0.1, -0.05) is 35.5 Å². The zero-order chi connectivity index (χ0) is 18.4. The lowest BCUT2D eigenvalue weighted by Gasteiger charge is -2.04. The van der Waals surface area contributed by atoms with E-state index in [1.54, 1.807) is 0 Å². The Morgan fingerprint density at radius 1 is 1.15 bits per heavy atom. The maximum Gasteiger partial charge on any atom is 0.227 e. The third-order valence-electron chi connectivity index (χ3n) is 4.83. The fraction of sp³-hybridized carbons (Fsp3) is 0.190. The minimum atomic E-state index is 0.0935. The van der Waals surface area contributed by atoms with Crippen LogP contribution >= 0.6 is 0 Å². The smallest absolute Gasteiger partial charge is 0.227 e. The fourth-order valence-corrected chi connectivity index (χ4v) is 3.24. The molecule has 1 N–H and O–H groups in total. The number of aryl methyl sites for hydroxylation is 1. The van der Waals surface area contributed by atoms with Crippen molar-refractivity contribution in [2.75, 3.05) is 5.32 Å². The molecule has 0 radical (unpaired) electrons. The van der Waals surface area contributed by atoms with Crippen LogP contribution in [0.1, 0.15) is 18.6 Å². The Morgan fingerprint density at radius 3 is 2.74 bits per heavy atom. The number of amides is 1. The number of fused-ring (bicyclic) bond motifs is 1. The molecule has 0 spiro atoms. The summed E-state index contributed by atoms with van der Waals surface area (Å²) >= 11 is 0. The van der Waals surface area contributed by atoms with Crippen LogP contribution in [0.15, 0.2) is 59.4 Å². The molecule has 0 unspecified atom stereocenters. The number of rotatable bonds is 4. The van der Waals surface area contributed by atoms with E-state index in [0.29, 0.717) is 0 Å². The molecule has 5 rings (SSSR count).